The van der Waals surface area contributed by atoms with Crippen LogP contribution in [0.1, 0.15) is 66.3 Å². The summed E-state index contributed by atoms with van der Waals surface area (Å²) in [5, 5.41) is 9.91. The molecule has 0 aromatic heterocycles. The first-order valence-corrected chi connectivity index (χ1v) is 22.7. The Morgan fingerprint density at radius 3 is 1.73 bits per heavy atom. The van der Waals surface area contributed by atoms with Crippen molar-refractivity contribution >= 4 is 54.6 Å². The summed E-state index contributed by atoms with van der Waals surface area (Å²) < 4.78 is 72.0. The van der Waals surface area contributed by atoms with Gasteiger partial charge in [0.1, 0.15) is 4.90 Å². The van der Waals surface area contributed by atoms with Crippen molar-refractivity contribution in [3.05, 3.63) is 195 Å². The summed E-state index contributed by atoms with van der Waals surface area (Å²) in [6.45, 7) is 11.1. The topological polar surface area (TPSA) is 162 Å². The molecule has 0 saturated heterocycles. The second kappa shape index (κ2) is 17.4. The second-order valence-corrected chi connectivity index (χ2v) is 18.3. The summed E-state index contributed by atoms with van der Waals surface area (Å²) in [4.78, 5) is 13.9. The van der Waals surface area contributed by atoms with Crippen LogP contribution in [0.3, 0.4) is 0 Å². The van der Waals surface area contributed by atoms with Crippen LogP contribution in [0.25, 0.3) is 11.1 Å². The summed E-state index contributed by atoms with van der Waals surface area (Å²) >= 11 is 0. The molecule has 0 radical (unpaired) electrons. The van der Waals surface area contributed by atoms with E-state index in [1.165, 1.54) is 12.1 Å². The summed E-state index contributed by atoms with van der Waals surface area (Å²) in [6, 6.07) is 41.8. The molecule has 7 rings (SSSR count). The highest BCUT2D eigenvalue weighted by molar-refractivity contribution is 7.86. The van der Waals surface area contributed by atoms with Gasteiger partial charge in [0.05, 0.1) is 16.1 Å². The third kappa shape index (κ3) is 9.19. The molecule has 0 heterocycles. The quantitative estimate of drug-likeness (QED) is 0.0594. The largest absolute Gasteiger partial charge is 0.355 e. The Kier molecular flexibility index (Phi) is 12.2. The average molecular weight is 866 g/mol. The van der Waals surface area contributed by atoms with E-state index in [0.717, 1.165) is 39.2 Å². The zero-order valence-electron chi connectivity index (χ0n) is 35.1. The average Bonchev–Trinajstić information content (AvgIpc) is 3.21. The van der Waals surface area contributed by atoms with E-state index in [2.05, 4.69) is 48.9 Å². The zero-order chi connectivity index (χ0) is 44.5. The molecule has 1 amide bonds. The van der Waals surface area contributed by atoms with Gasteiger partial charge in [0.2, 0.25) is 0 Å². The normalized spacial score (nSPS) is 12.1. The fourth-order valence-corrected chi connectivity index (χ4v) is 10.1. The van der Waals surface area contributed by atoms with E-state index < -0.39 is 32.1 Å². The number of hydrogen-bond acceptors (Lipinski definition) is 7. The molecule has 7 aromatic rings. The highest BCUT2D eigenvalue weighted by atomic mass is 32.2. The van der Waals surface area contributed by atoms with Crippen LogP contribution in [-0.4, -0.2) is 31.8 Å². The number of amides is 1. The van der Waals surface area contributed by atoms with Gasteiger partial charge in [-0.1, -0.05) is 103 Å². The molecular weight excluding hydrogens is 819 g/mol. The van der Waals surface area contributed by atoms with Gasteiger partial charge in [-0.3, -0.25) is 13.9 Å². The highest BCUT2D eigenvalue weighted by Gasteiger charge is 2.28. The molecule has 12 heteroatoms. The van der Waals surface area contributed by atoms with E-state index in [0.29, 0.717) is 39.3 Å². The van der Waals surface area contributed by atoms with Gasteiger partial charge in [0, 0.05) is 34.2 Å². The lowest BCUT2D eigenvalue weighted by atomic mass is 9.82. The van der Waals surface area contributed by atoms with Gasteiger partial charge < -0.3 is 16.0 Å². The lowest BCUT2D eigenvalue weighted by Crippen LogP contribution is -2.17. The standard InChI is InChI=1S/C50H47N3O7S2/c1-30-25-31(2)47(32(3)26-30)52-43-23-21-37(28-41(43)36-15-9-7-10-16-36)46(40-19-13-14-20-45(40)61(55,56)57)38-22-24-44(42(29-38)50(54)51-39-17-11-8-12-18-39)53-48-33(4)27-34(5)49(35(48)6)62(58,59)60/h7-29,46,52-53H,1-6H3,(H,51,54)(H,55,56,57)(H,58,59,60). The molecular formula is C50H47N3O7S2. The number of para-hydroxylation sites is 1. The van der Waals surface area contributed by atoms with Gasteiger partial charge in [0.15, 0.2) is 0 Å². The summed E-state index contributed by atoms with van der Waals surface area (Å²) in [7, 11) is -9.34. The van der Waals surface area contributed by atoms with E-state index in [1.807, 2.05) is 54.6 Å². The third-order valence-corrected chi connectivity index (χ3v) is 13.1. The molecule has 7 aromatic carbocycles. The molecule has 0 bridgehead atoms. The first-order valence-electron chi connectivity index (χ1n) is 19.9. The number of carbonyl (C=O) groups excluding carboxylic acids is 1. The zero-order valence-corrected chi connectivity index (χ0v) is 36.7. The number of rotatable bonds is 12. The first-order chi connectivity index (χ1) is 29.4. The molecule has 0 aliphatic rings. The molecule has 62 heavy (non-hydrogen) atoms. The predicted octanol–water partition coefficient (Wildman–Crippen LogP) is 11.6. The van der Waals surface area contributed by atoms with Crippen molar-refractivity contribution in [1.82, 2.24) is 0 Å². The van der Waals surface area contributed by atoms with Gasteiger partial charge >= 0.3 is 0 Å². The maximum atomic E-state index is 14.5. The first kappa shape index (κ1) is 43.5. The third-order valence-electron chi connectivity index (χ3n) is 11.0. The van der Waals surface area contributed by atoms with Crippen LogP contribution in [0, 0.1) is 41.5 Å². The van der Waals surface area contributed by atoms with E-state index >= 15 is 0 Å². The van der Waals surface area contributed by atoms with Crippen LogP contribution in [0.2, 0.25) is 0 Å². The molecule has 0 fully saturated rings. The van der Waals surface area contributed by atoms with E-state index in [-0.39, 0.29) is 26.5 Å². The highest BCUT2D eigenvalue weighted by Crippen LogP contribution is 2.42. The molecule has 0 saturated carbocycles. The minimum Gasteiger partial charge on any atom is -0.355 e. The molecule has 0 aliphatic heterocycles. The molecule has 10 nitrogen and oxygen atoms in total. The Bertz CT molecular complexity index is 3060. The van der Waals surface area contributed by atoms with Crippen LogP contribution in [-0.2, 0) is 20.2 Å². The SMILES string of the molecule is Cc1cc(C)c(Nc2ccc(C(c3ccc(Nc4c(C)cc(C)c(S(=O)(=O)O)c4C)c(C(=O)Nc4ccccc4)c3)c3ccccc3S(=O)(=O)O)cc2-c2ccccc2)c(C)c1. The number of carbonyl (C=O) groups is 1. The summed E-state index contributed by atoms with van der Waals surface area (Å²) in [5.41, 5.74) is 10.9. The maximum Gasteiger partial charge on any atom is 0.295 e. The van der Waals surface area contributed by atoms with Crippen molar-refractivity contribution in [2.24, 2.45) is 0 Å². The van der Waals surface area contributed by atoms with Crippen molar-refractivity contribution in [3.8, 4) is 11.1 Å². The number of hydrogen-bond donors (Lipinski definition) is 5. The Morgan fingerprint density at radius 2 is 1.10 bits per heavy atom. The lowest BCUT2D eigenvalue weighted by Gasteiger charge is -2.25. The molecule has 1 atom stereocenters. The van der Waals surface area contributed by atoms with Crippen molar-refractivity contribution in [2.75, 3.05) is 16.0 Å². The molecule has 5 N–H and O–H groups in total. The maximum absolute atomic E-state index is 14.5. The number of aryl methyl sites for hydroxylation is 5. The Balaban J connectivity index is 1.46. The van der Waals surface area contributed by atoms with E-state index in [9.17, 15) is 30.7 Å². The van der Waals surface area contributed by atoms with Crippen molar-refractivity contribution in [3.63, 3.8) is 0 Å². The van der Waals surface area contributed by atoms with Crippen molar-refractivity contribution in [1.29, 1.82) is 0 Å². The smallest absolute Gasteiger partial charge is 0.295 e. The van der Waals surface area contributed by atoms with Crippen LogP contribution in [0.4, 0.5) is 28.4 Å². The van der Waals surface area contributed by atoms with Gasteiger partial charge in [0.25, 0.3) is 26.1 Å². The van der Waals surface area contributed by atoms with Crippen LogP contribution in [0.5, 0.6) is 0 Å². The van der Waals surface area contributed by atoms with Gasteiger partial charge in [-0.2, -0.15) is 16.8 Å². The van der Waals surface area contributed by atoms with Crippen LogP contribution >= 0.6 is 0 Å². The Hall–Kier alpha value is -6.57. The number of benzene rings is 7. The van der Waals surface area contributed by atoms with Crippen molar-refractivity contribution < 1.29 is 30.7 Å². The fraction of sp³-hybridized carbons (Fsp3) is 0.140. The number of nitrogens with one attached hydrogen (secondary N) is 3. The Labute approximate surface area is 363 Å². The fourth-order valence-electron chi connectivity index (χ4n) is 8.37. The molecule has 0 spiro atoms. The second-order valence-electron chi connectivity index (χ2n) is 15.6. The molecule has 1 unspecified atom stereocenters. The van der Waals surface area contributed by atoms with Crippen LogP contribution < -0.4 is 16.0 Å². The summed E-state index contributed by atoms with van der Waals surface area (Å²) in [6.07, 6.45) is 0. The van der Waals surface area contributed by atoms with Crippen molar-refractivity contribution in [2.45, 2.75) is 57.3 Å². The van der Waals surface area contributed by atoms with Gasteiger partial charge in [-0.15, -0.1) is 0 Å². The van der Waals surface area contributed by atoms with E-state index in [1.54, 1.807) is 81.4 Å². The Morgan fingerprint density at radius 1 is 0.548 bits per heavy atom. The lowest BCUT2D eigenvalue weighted by molar-refractivity contribution is 0.102. The molecule has 316 valence electrons. The number of anilines is 5. The summed E-state index contributed by atoms with van der Waals surface area (Å²) in [5.74, 6) is -1.35. The van der Waals surface area contributed by atoms with Gasteiger partial charge in [-0.05, 0) is 134 Å². The van der Waals surface area contributed by atoms with Gasteiger partial charge in [-0.25, -0.2) is 0 Å². The monoisotopic (exact) mass is 865 g/mol. The molecule has 0 aliphatic carbocycles. The van der Waals surface area contributed by atoms with Crippen LogP contribution in [0.15, 0.2) is 149 Å². The minimum absolute atomic E-state index is 0.153. The van der Waals surface area contributed by atoms with E-state index in [4.69, 9.17) is 0 Å². The predicted molar refractivity (Wildman–Crippen MR) is 248 cm³/mol. The minimum atomic E-state index is -4.74.